The van der Waals surface area contributed by atoms with E-state index in [2.05, 4.69) is 10.1 Å². The van der Waals surface area contributed by atoms with Crippen LogP contribution in [0.3, 0.4) is 0 Å². The third kappa shape index (κ3) is 3.12. The molecule has 25 heavy (non-hydrogen) atoms. The first-order chi connectivity index (χ1) is 12.0. The molecule has 1 heterocycles. The van der Waals surface area contributed by atoms with Gasteiger partial charge in [-0.15, -0.1) is 0 Å². The van der Waals surface area contributed by atoms with Crippen molar-refractivity contribution < 1.29 is 23.1 Å². The fourth-order valence-electron chi connectivity index (χ4n) is 2.37. The van der Waals surface area contributed by atoms with Crippen LogP contribution in [0.1, 0.15) is 20.9 Å². The highest BCUT2D eigenvalue weighted by molar-refractivity contribution is 6.07. The number of amides is 1. The van der Waals surface area contributed by atoms with Gasteiger partial charge >= 0.3 is 11.6 Å². The standard InChI is InChI=1S/C18H12FNO5/c1-24-18(23)15-12(19)7-4-8-13(15)20-16(21)14-9-10-5-2-3-6-11(10)17(22)25-14/h2-9H,1H3,(H,20,21). The summed E-state index contributed by atoms with van der Waals surface area (Å²) in [6.07, 6.45) is 0. The Bertz CT molecular complexity index is 1040. The highest BCUT2D eigenvalue weighted by Crippen LogP contribution is 2.21. The summed E-state index contributed by atoms with van der Waals surface area (Å²) in [5.41, 5.74) is -1.18. The number of halogens is 1. The molecule has 7 heteroatoms. The van der Waals surface area contributed by atoms with Crippen LogP contribution in [0.5, 0.6) is 0 Å². The molecule has 3 rings (SSSR count). The number of anilines is 1. The van der Waals surface area contributed by atoms with Crippen LogP contribution in [0.2, 0.25) is 0 Å². The smallest absolute Gasteiger partial charge is 0.344 e. The Labute approximate surface area is 140 Å². The number of methoxy groups -OCH3 is 1. The molecular formula is C18H12FNO5. The quantitative estimate of drug-likeness (QED) is 0.740. The highest BCUT2D eigenvalue weighted by Gasteiger charge is 2.20. The van der Waals surface area contributed by atoms with Crippen molar-refractivity contribution in [3.8, 4) is 0 Å². The molecule has 0 aliphatic carbocycles. The zero-order valence-electron chi connectivity index (χ0n) is 13.0. The van der Waals surface area contributed by atoms with Gasteiger partial charge < -0.3 is 14.5 Å². The molecule has 0 aliphatic rings. The van der Waals surface area contributed by atoms with Gasteiger partial charge in [0.05, 0.1) is 18.2 Å². The number of carbonyl (C=O) groups excluding carboxylic acids is 2. The summed E-state index contributed by atoms with van der Waals surface area (Å²) in [6, 6.07) is 11.7. The molecular weight excluding hydrogens is 329 g/mol. The zero-order valence-corrected chi connectivity index (χ0v) is 13.0. The number of rotatable bonds is 3. The van der Waals surface area contributed by atoms with Crippen molar-refractivity contribution in [2.75, 3.05) is 12.4 Å². The Morgan fingerprint density at radius 3 is 2.64 bits per heavy atom. The van der Waals surface area contributed by atoms with Crippen molar-refractivity contribution >= 4 is 28.3 Å². The highest BCUT2D eigenvalue weighted by atomic mass is 19.1. The summed E-state index contributed by atoms with van der Waals surface area (Å²) in [4.78, 5) is 36.0. The van der Waals surface area contributed by atoms with E-state index in [0.717, 1.165) is 13.2 Å². The predicted molar refractivity (Wildman–Crippen MR) is 88.2 cm³/mol. The van der Waals surface area contributed by atoms with Crippen molar-refractivity contribution in [3.63, 3.8) is 0 Å². The summed E-state index contributed by atoms with van der Waals surface area (Å²) >= 11 is 0. The minimum Gasteiger partial charge on any atom is -0.465 e. The molecule has 0 saturated heterocycles. The van der Waals surface area contributed by atoms with E-state index in [1.807, 2.05) is 0 Å². The summed E-state index contributed by atoms with van der Waals surface area (Å²) in [5.74, 6) is -2.83. The molecule has 0 fully saturated rings. The minimum atomic E-state index is -0.937. The largest absolute Gasteiger partial charge is 0.465 e. The number of nitrogens with one attached hydrogen (secondary N) is 1. The third-order valence-corrected chi connectivity index (χ3v) is 3.55. The van der Waals surface area contributed by atoms with Gasteiger partial charge in [-0.2, -0.15) is 0 Å². The fraction of sp³-hybridized carbons (Fsp3) is 0.0556. The lowest BCUT2D eigenvalue weighted by Gasteiger charge is -2.10. The van der Waals surface area contributed by atoms with Gasteiger partial charge in [-0.3, -0.25) is 4.79 Å². The van der Waals surface area contributed by atoms with Crippen LogP contribution in [0.25, 0.3) is 10.8 Å². The summed E-state index contributed by atoms with van der Waals surface area (Å²) < 4.78 is 23.4. The Hall–Kier alpha value is -3.48. The van der Waals surface area contributed by atoms with E-state index in [4.69, 9.17) is 4.42 Å². The lowest BCUT2D eigenvalue weighted by atomic mass is 10.1. The van der Waals surface area contributed by atoms with Crippen molar-refractivity contribution in [3.05, 3.63) is 76.1 Å². The number of fused-ring (bicyclic) bond motifs is 1. The Balaban J connectivity index is 2.00. The van der Waals surface area contributed by atoms with Crippen LogP contribution in [-0.4, -0.2) is 19.0 Å². The Kier molecular flexibility index (Phi) is 4.30. The third-order valence-electron chi connectivity index (χ3n) is 3.55. The number of ether oxygens (including phenoxy) is 1. The number of esters is 1. The van der Waals surface area contributed by atoms with Crippen molar-refractivity contribution in [2.24, 2.45) is 0 Å². The molecule has 126 valence electrons. The second-order valence-electron chi connectivity index (χ2n) is 5.09. The molecule has 0 atom stereocenters. The van der Waals surface area contributed by atoms with E-state index >= 15 is 0 Å². The topological polar surface area (TPSA) is 85.6 Å². The molecule has 1 aromatic heterocycles. The molecule has 2 aromatic carbocycles. The monoisotopic (exact) mass is 341 g/mol. The maximum Gasteiger partial charge on any atom is 0.344 e. The Morgan fingerprint density at radius 2 is 1.88 bits per heavy atom. The van der Waals surface area contributed by atoms with Gasteiger partial charge in [-0.25, -0.2) is 14.0 Å². The van der Waals surface area contributed by atoms with Crippen LogP contribution in [0, 0.1) is 5.82 Å². The normalized spacial score (nSPS) is 10.5. The number of hydrogen-bond donors (Lipinski definition) is 1. The van der Waals surface area contributed by atoms with Crippen molar-refractivity contribution in [1.29, 1.82) is 0 Å². The Morgan fingerprint density at radius 1 is 1.12 bits per heavy atom. The average molecular weight is 341 g/mol. The lowest BCUT2D eigenvalue weighted by molar-refractivity contribution is 0.0597. The summed E-state index contributed by atoms with van der Waals surface area (Å²) in [6.45, 7) is 0. The summed E-state index contributed by atoms with van der Waals surface area (Å²) in [5, 5.41) is 3.22. The molecule has 0 spiro atoms. The van der Waals surface area contributed by atoms with Gasteiger partial charge in [0.25, 0.3) is 5.91 Å². The fourth-order valence-corrected chi connectivity index (χ4v) is 2.37. The average Bonchev–Trinajstić information content (AvgIpc) is 2.61. The van der Waals surface area contributed by atoms with Crippen LogP contribution in [0.15, 0.2) is 57.7 Å². The van der Waals surface area contributed by atoms with Crippen LogP contribution < -0.4 is 10.9 Å². The molecule has 1 N–H and O–H groups in total. The van der Waals surface area contributed by atoms with Gasteiger partial charge in [-0.1, -0.05) is 24.3 Å². The van der Waals surface area contributed by atoms with Crippen molar-refractivity contribution in [1.82, 2.24) is 0 Å². The van der Waals surface area contributed by atoms with E-state index in [1.54, 1.807) is 24.3 Å². The first kappa shape index (κ1) is 16.4. The van der Waals surface area contributed by atoms with E-state index in [-0.39, 0.29) is 11.4 Å². The minimum absolute atomic E-state index is 0.0901. The zero-order chi connectivity index (χ0) is 18.0. The number of hydrogen-bond acceptors (Lipinski definition) is 5. The van der Waals surface area contributed by atoms with Gasteiger partial charge in [0, 0.05) is 0 Å². The second-order valence-corrected chi connectivity index (χ2v) is 5.09. The first-order valence-corrected chi connectivity index (χ1v) is 7.22. The van der Waals surface area contributed by atoms with Gasteiger partial charge in [0.1, 0.15) is 11.4 Å². The van der Waals surface area contributed by atoms with E-state index < -0.39 is 28.9 Å². The van der Waals surface area contributed by atoms with E-state index in [1.165, 1.54) is 18.2 Å². The van der Waals surface area contributed by atoms with Gasteiger partial charge in [0.15, 0.2) is 5.76 Å². The molecule has 1 amide bonds. The molecule has 0 unspecified atom stereocenters. The second kappa shape index (κ2) is 6.56. The molecule has 0 radical (unpaired) electrons. The lowest BCUT2D eigenvalue weighted by Crippen LogP contribution is -2.18. The van der Waals surface area contributed by atoms with Crippen LogP contribution in [0.4, 0.5) is 10.1 Å². The maximum absolute atomic E-state index is 13.9. The predicted octanol–water partition coefficient (Wildman–Crippen LogP) is 2.97. The van der Waals surface area contributed by atoms with E-state index in [0.29, 0.717) is 10.8 Å². The molecule has 0 bridgehead atoms. The molecule has 6 nitrogen and oxygen atoms in total. The molecule has 0 saturated carbocycles. The number of benzene rings is 2. The maximum atomic E-state index is 13.9. The molecule has 0 aliphatic heterocycles. The van der Waals surface area contributed by atoms with E-state index in [9.17, 15) is 18.8 Å². The summed E-state index contributed by atoms with van der Waals surface area (Å²) in [7, 11) is 1.10. The first-order valence-electron chi connectivity index (χ1n) is 7.22. The molecule has 3 aromatic rings. The SMILES string of the molecule is COC(=O)c1c(F)cccc1NC(=O)c1cc2ccccc2c(=O)o1. The van der Waals surface area contributed by atoms with Crippen LogP contribution in [-0.2, 0) is 4.74 Å². The van der Waals surface area contributed by atoms with Gasteiger partial charge in [-0.05, 0) is 29.7 Å². The van der Waals surface area contributed by atoms with Gasteiger partial charge in [0.2, 0.25) is 0 Å². The van der Waals surface area contributed by atoms with Crippen LogP contribution >= 0.6 is 0 Å². The van der Waals surface area contributed by atoms with Crippen molar-refractivity contribution in [2.45, 2.75) is 0 Å². The number of carbonyl (C=O) groups is 2.